The van der Waals surface area contributed by atoms with E-state index in [9.17, 15) is 23.5 Å². The summed E-state index contributed by atoms with van der Waals surface area (Å²) in [5.41, 5.74) is 0.350. The molecule has 0 spiro atoms. The summed E-state index contributed by atoms with van der Waals surface area (Å²) in [6.45, 7) is -0.710. The number of azo groups is 1. The van der Waals surface area contributed by atoms with Crippen molar-refractivity contribution < 1.29 is 28.2 Å². The van der Waals surface area contributed by atoms with Gasteiger partial charge in [-0.3, -0.25) is 4.79 Å². The maximum atomic E-state index is 13.6. The lowest BCUT2D eigenvalue weighted by Gasteiger charge is -2.08. The van der Waals surface area contributed by atoms with Crippen molar-refractivity contribution >= 4 is 28.9 Å². The first kappa shape index (κ1) is 20.6. The molecule has 0 atom stereocenters. The molecule has 0 aliphatic carbocycles. The van der Waals surface area contributed by atoms with Crippen molar-refractivity contribution in [2.75, 3.05) is 11.9 Å². The lowest BCUT2D eigenvalue weighted by atomic mass is 10.2. The zero-order valence-electron chi connectivity index (χ0n) is 15.4. The summed E-state index contributed by atoms with van der Waals surface area (Å²) in [5.74, 6) is -3.15. The second-order valence-electron chi connectivity index (χ2n) is 5.98. The Balaban J connectivity index is 1.65. The molecule has 0 aliphatic heterocycles. The molecule has 30 heavy (non-hydrogen) atoms. The van der Waals surface area contributed by atoms with Gasteiger partial charge in [0, 0.05) is 6.07 Å². The van der Waals surface area contributed by atoms with Gasteiger partial charge >= 0.3 is 5.97 Å². The Morgan fingerprint density at radius 2 is 1.70 bits per heavy atom. The van der Waals surface area contributed by atoms with Crippen molar-refractivity contribution in [2.24, 2.45) is 10.2 Å². The number of phenols is 1. The molecule has 0 saturated carbocycles. The van der Waals surface area contributed by atoms with E-state index in [-0.39, 0.29) is 22.7 Å². The van der Waals surface area contributed by atoms with Crippen LogP contribution in [0.2, 0.25) is 0 Å². The number of aromatic hydroxyl groups is 1. The number of halogens is 2. The smallest absolute Gasteiger partial charge is 0.340 e. The van der Waals surface area contributed by atoms with E-state index < -0.39 is 30.1 Å². The molecular weight excluding hydrogens is 396 g/mol. The molecule has 1 amide bonds. The second-order valence-corrected chi connectivity index (χ2v) is 5.98. The molecule has 3 aromatic carbocycles. The minimum atomic E-state index is -0.842. The predicted octanol–water partition coefficient (Wildman–Crippen LogP) is 4.88. The molecule has 7 nitrogen and oxygen atoms in total. The minimum Gasteiger partial charge on any atom is -0.508 e. The van der Waals surface area contributed by atoms with Gasteiger partial charge in [-0.05, 0) is 48.5 Å². The van der Waals surface area contributed by atoms with Crippen LogP contribution in [-0.4, -0.2) is 23.6 Å². The molecule has 0 heterocycles. The van der Waals surface area contributed by atoms with E-state index in [0.717, 1.165) is 18.2 Å². The molecule has 0 aromatic heterocycles. The van der Waals surface area contributed by atoms with Crippen molar-refractivity contribution in [3.63, 3.8) is 0 Å². The second kappa shape index (κ2) is 9.37. The lowest BCUT2D eigenvalue weighted by molar-refractivity contribution is -0.119. The molecule has 152 valence electrons. The van der Waals surface area contributed by atoms with Gasteiger partial charge < -0.3 is 15.2 Å². The fourth-order valence-corrected chi connectivity index (χ4v) is 2.35. The molecule has 0 radical (unpaired) electrons. The molecule has 3 rings (SSSR count). The van der Waals surface area contributed by atoms with Gasteiger partial charge in [-0.15, -0.1) is 5.11 Å². The van der Waals surface area contributed by atoms with Crippen LogP contribution in [0.15, 0.2) is 77.0 Å². The van der Waals surface area contributed by atoms with Gasteiger partial charge in [-0.1, -0.05) is 12.1 Å². The molecular formula is C21H15F2N3O4. The first-order valence-electron chi connectivity index (χ1n) is 8.64. The van der Waals surface area contributed by atoms with Gasteiger partial charge in [-0.25, -0.2) is 13.6 Å². The van der Waals surface area contributed by atoms with Gasteiger partial charge in [-0.2, -0.15) is 5.11 Å². The summed E-state index contributed by atoms with van der Waals surface area (Å²) < 4.78 is 31.7. The van der Waals surface area contributed by atoms with Crippen LogP contribution in [0.5, 0.6) is 5.75 Å². The van der Waals surface area contributed by atoms with Crippen molar-refractivity contribution in [2.45, 2.75) is 0 Å². The number of nitrogens with zero attached hydrogens (tertiary/aromatic N) is 2. The third-order valence-corrected chi connectivity index (χ3v) is 3.78. The molecule has 9 heteroatoms. The summed E-state index contributed by atoms with van der Waals surface area (Å²) in [7, 11) is 0. The topological polar surface area (TPSA) is 100 Å². The molecule has 0 unspecified atom stereocenters. The molecule has 0 fully saturated rings. The summed E-state index contributed by atoms with van der Waals surface area (Å²) in [6, 6.07) is 14.7. The highest BCUT2D eigenvalue weighted by atomic mass is 19.1. The molecule has 2 N–H and O–H groups in total. The van der Waals surface area contributed by atoms with Crippen LogP contribution >= 0.6 is 0 Å². The zero-order valence-corrected chi connectivity index (χ0v) is 15.4. The Labute approximate surface area is 169 Å². The monoisotopic (exact) mass is 411 g/mol. The van der Waals surface area contributed by atoms with Gasteiger partial charge in [0.2, 0.25) is 0 Å². The number of carbonyl (C=O) groups is 2. The first-order chi connectivity index (χ1) is 14.4. The highest BCUT2D eigenvalue weighted by molar-refractivity contribution is 5.98. The SMILES string of the molecule is O=C(COC(=O)c1ccccc1N=Nc1ccc(O)cc1)Nc1cc(F)ccc1F. The van der Waals surface area contributed by atoms with E-state index in [2.05, 4.69) is 15.5 Å². The van der Waals surface area contributed by atoms with Gasteiger partial charge in [0.25, 0.3) is 5.91 Å². The van der Waals surface area contributed by atoms with Crippen LogP contribution in [0, 0.1) is 11.6 Å². The van der Waals surface area contributed by atoms with E-state index >= 15 is 0 Å². The number of anilines is 1. The standard InChI is InChI=1S/C21H15F2N3O4/c22-13-5-10-17(23)19(11-13)24-20(28)12-30-21(29)16-3-1-2-4-18(16)26-25-14-6-8-15(27)9-7-14/h1-11,27H,12H2,(H,24,28). The van der Waals surface area contributed by atoms with Crippen LogP contribution in [0.1, 0.15) is 10.4 Å². The number of hydrogen-bond donors (Lipinski definition) is 2. The number of rotatable bonds is 6. The van der Waals surface area contributed by atoms with Gasteiger partial charge in [0.15, 0.2) is 6.61 Å². The Hall–Kier alpha value is -4.14. The molecule has 3 aromatic rings. The van der Waals surface area contributed by atoms with E-state index in [4.69, 9.17) is 4.74 Å². The fraction of sp³-hybridized carbons (Fsp3) is 0.0476. The van der Waals surface area contributed by atoms with Crippen LogP contribution in [0.4, 0.5) is 25.8 Å². The Kier molecular flexibility index (Phi) is 6.43. The average Bonchev–Trinajstić information content (AvgIpc) is 2.74. The average molecular weight is 411 g/mol. The number of carbonyl (C=O) groups excluding carboxylic acids is 2. The van der Waals surface area contributed by atoms with Crippen molar-refractivity contribution in [1.82, 2.24) is 0 Å². The highest BCUT2D eigenvalue weighted by Crippen LogP contribution is 2.24. The number of hydrogen-bond acceptors (Lipinski definition) is 6. The van der Waals surface area contributed by atoms with E-state index in [1.54, 1.807) is 12.1 Å². The molecule has 0 aliphatic rings. The Morgan fingerprint density at radius 1 is 0.967 bits per heavy atom. The minimum absolute atomic E-state index is 0.0600. The summed E-state index contributed by atoms with van der Waals surface area (Å²) >= 11 is 0. The lowest BCUT2D eigenvalue weighted by Crippen LogP contribution is -2.21. The van der Waals surface area contributed by atoms with Crippen LogP contribution in [0.3, 0.4) is 0 Å². The maximum Gasteiger partial charge on any atom is 0.340 e. The third-order valence-electron chi connectivity index (χ3n) is 3.78. The number of phenolic OH excluding ortho intramolecular Hbond substituents is 1. The van der Waals surface area contributed by atoms with Crippen LogP contribution in [-0.2, 0) is 9.53 Å². The Bertz CT molecular complexity index is 1100. The third kappa shape index (κ3) is 5.44. The van der Waals surface area contributed by atoms with Crippen molar-refractivity contribution in [1.29, 1.82) is 0 Å². The number of nitrogens with one attached hydrogen (secondary N) is 1. The summed E-state index contributed by atoms with van der Waals surface area (Å²) in [6.07, 6.45) is 0. The number of amides is 1. The maximum absolute atomic E-state index is 13.6. The zero-order chi connectivity index (χ0) is 21.5. The van der Waals surface area contributed by atoms with Gasteiger partial charge in [0.05, 0.1) is 16.9 Å². The van der Waals surface area contributed by atoms with E-state index in [1.807, 2.05) is 0 Å². The number of ether oxygens (including phenoxy) is 1. The normalized spacial score (nSPS) is 10.7. The predicted molar refractivity (Wildman–Crippen MR) is 104 cm³/mol. The van der Waals surface area contributed by atoms with Crippen molar-refractivity contribution in [3.05, 3.63) is 83.9 Å². The largest absolute Gasteiger partial charge is 0.508 e. The highest BCUT2D eigenvalue weighted by Gasteiger charge is 2.15. The summed E-state index contributed by atoms with van der Waals surface area (Å²) in [4.78, 5) is 24.2. The molecule has 0 bridgehead atoms. The van der Waals surface area contributed by atoms with Crippen LogP contribution < -0.4 is 5.32 Å². The first-order valence-corrected chi connectivity index (χ1v) is 8.64. The quantitative estimate of drug-likeness (QED) is 0.446. The van der Waals surface area contributed by atoms with Gasteiger partial charge in [0.1, 0.15) is 23.1 Å². The number of benzene rings is 3. The van der Waals surface area contributed by atoms with E-state index in [0.29, 0.717) is 5.69 Å². The fourth-order valence-electron chi connectivity index (χ4n) is 2.35. The number of esters is 1. The van der Waals surface area contributed by atoms with E-state index in [1.165, 1.54) is 36.4 Å². The van der Waals surface area contributed by atoms with Crippen molar-refractivity contribution in [3.8, 4) is 5.75 Å². The summed E-state index contributed by atoms with van der Waals surface area (Å²) in [5, 5.41) is 19.4. The Morgan fingerprint density at radius 3 is 2.47 bits per heavy atom. The van der Waals surface area contributed by atoms with Crippen LogP contribution in [0.25, 0.3) is 0 Å². The molecule has 0 saturated heterocycles.